The summed E-state index contributed by atoms with van der Waals surface area (Å²) in [5.74, 6) is 0.848. The molecule has 0 aliphatic carbocycles. The molecule has 23 heavy (non-hydrogen) atoms. The summed E-state index contributed by atoms with van der Waals surface area (Å²) in [6, 6.07) is 8.42. The summed E-state index contributed by atoms with van der Waals surface area (Å²) in [6.07, 6.45) is 2.09. The normalized spacial score (nSPS) is 18.0. The van der Waals surface area contributed by atoms with E-state index in [0.29, 0.717) is 0 Å². The monoisotopic (exact) mass is 318 g/mol. The third-order valence-corrected chi connectivity index (χ3v) is 4.89. The third kappa shape index (κ3) is 4.69. The molecule has 1 fully saturated rings. The summed E-state index contributed by atoms with van der Waals surface area (Å²) in [5.41, 5.74) is 2.73. The Morgan fingerprint density at radius 2 is 1.91 bits per heavy atom. The van der Waals surface area contributed by atoms with Gasteiger partial charge in [0.15, 0.2) is 5.96 Å². The van der Waals surface area contributed by atoms with Crippen molar-refractivity contribution < 1.29 is 4.74 Å². The number of benzene rings is 1. The average molecular weight is 318 g/mol. The minimum Gasteiger partial charge on any atom is -0.381 e. The number of nitrogens with one attached hydrogen (secondary N) is 2. The van der Waals surface area contributed by atoms with E-state index in [1.165, 1.54) is 11.1 Å². The number of aliphatic imine (C=N–C) groups is 1. The molecule has 0 aromatic heterocycles. The Morgan fingerprint density at radius 3 is 2.52 bits per heavy atom. The molecule has 0 bridgehead atoms. The van der Waals surface area contributed by atoms with E-state index < -0.39 is 0 Å². The molecule has 128 valence electrons. The van der Waals surface area contributed by atoms with Gasteiger partial charge in [-0.25, -0.2) is 0 Å². The summed E-state index contributed by atoms with van der Waals surface area (Å²) < 4.78 is 5.53. The molecule has 2 N–H and O–H groups in total. The van der Waals surface area contributed by atoms with Gasteiger partial charge < -0.3 is 20.3 Å². The van der Waals surface area contributed by atoms with Crippen LogP contribution < -0.4 is 10.6 Å². The first-order valence-corrected chi connectivity index (χ1v) is 8.31. The van der Waals surface area contributed by atoms with Gasteiger partial charge in [-0.3, -0.25) is 4.99 Å². The molecule has 1 aromatic carbocycles. The van der Waals surface area contributed by atoms with Gasteiger partial charge in [0.25, 0.3) is 0 Å². The molecule has 0 amide bonds. The highest BCUT2D eigenvalue weighted by Crippen LogP contribution is 2.24. The first-order chi connectivity index (χ1) is 11.1. The zero-order chi connectivity index (χ0) is 16.7. The Balaban J connectivity index is 1.90. The van der Waals surface area contributed by atoms with Gasteiger partial charge in [-0.15, -0.1) is 0 Å². The Morgan fingerprint density at radius 1 is 1.22 bits per heavy atom. The molecular formula is C18H30N4O. The van der Waals surface area contributed by atoms with E-state index in [9.17, 15) is 0 Å². The largest absolute Gasteiger partial charge is 0.381 e. The minimum atomic E-state index is 0.137. The number of guanidine groups is 1. The molecule has 0 saturated carbocycles. The maximum absolute atomic E-state index is 5.53. The molecule has 2 rings (SSSR count). The van der Waals surface area contributed by atoms with Crippen LogP contribution in [0.4, 0.5) is 0 Å². The van der Waals surface area contributed by atoms with Crippen LogP contribution in [-0.2, 0) is 11.3 Å². The van der Waals surface area contributed by atoms with Crippen molar-refractivity contribution in [3.05, 3.63) is 35.4 Å². The predicted octanol–water partition coefficient (Wildman–Crippen LogP) is 1.77. The maximum Gasteiger partial charge on any atom is 0.191 e. The molecule has 5 heteroatoms. The molecule has 1 aliphatic rings. The fourth-order valence-corrected chi connectivity index (χ4v) is 2.99. The van der Waals surface area contributed by atoms with E-state index in [1.54, 1.807) is 0 Å². The van der Waals surface area contributed by atoms with Crippen molar-refractivity contribution >= 4 is 5.96 Å². The van der Waals surface area contributed by atoms with Crippen LogP contribution >= 0.6 is 0 Å². The highest BCUT2D eigenvalue weighted by Gasteiger charge is 2.34. The number of rotatable bonds is 5. The standard InChI is InChI=1S/C18H30N4O/c1-15-7-5-6-8-16(15)13-20-17(19-2)21-14-18(22(3)4)9-11-23-12-10-18/h5-8H,9-14H2,1-4H3,(H2,19,20,21). The van der Waals surface area contributed by atoms with Gasteiger partial charge in [-0.05, 0) is 45.0 Å². The van der Waals surface area contributed by atoms with Crippen molar-refractivity contribution in [3.63, 3.8) is 0 Å². The third-order valence-electron chi connectivity index (χ3n) is 4.89. The van der Waals surface area contributed by atoms with Crippen LogP contribution in [0.2, 0.25) is 0 Å². The van der Waals surface area contributed by atoms with Gasteiger partial charge in [-0.2, -0.15) is 0 Å². The van der Waals surface area contributed by atoms with Gasteiger partial charge in [0.05, 0.1) is 0 Å². The molecular weight excluding hydrogens is 288 g/mol. The first kappa shape index (κ1) is 17.8. The second kappa shape index (κ2) is 8.31. The second-order valence-corrected chi connectivity index (χ2v) is 6.44. The first-order valence-electron chi connectivity index (χ1n) is 8.31. The van der Waals surface area contributed by atoms with Crippen LogP contribution in [-0.4, -0.2) is 57.3 Å². The highest BCUT2D eigenvalue weighted by molar-refractivity contribution is 5.79. The van der Waals surface area contributed by atoms with Crippen LogP contribution in [0.5, 0.6) is 0 Å². The Bertz CT molecular complexity index is 522. The molecule has 0 spiro atoms. The molecule has 0 radical (unpaired) electrons. The van der Waals surface area contributed by atoms with E-state index in [1.807, 2.05) is 7.05 Å². The molecule has 5 nitrogen and oxygen atoms in total. The van der Waals surface area contributed by atoms with Crippen LogP contribution in [0.3, 0.4) is 0 Å². The van der Waals surface area contributed by atoms with Crippen LogP contribution in [0, 0.1) is 6.92 Å². The second-order valence-electron chi connectivity index (χ2n) is 6.44. The Kier molecular flexibility index (Phi) is 6.42. The van der Waals surface area contributed by atoms with E-state index in [2.05, 4.69) is 65.8 Å². The molecule has 1 heterocycles. The Hall–Kier alpha value is -1.59. The molecule has 1 aromatic rings. The van der Waals surface area contributed by atoms with Gasteiger partial charge in [0.1, 0.15) is 0 Å². The van der Waals surface area contributed by atoms with E-state index in [4.69, 9.17) is 4.74 Å². The van der Waals surface area contributed by atoms with Crippen molar-refractivity contribution in [2.24, 2.45) is 4.99 Å². The van der Waals surface area contributed by atoms with Crippen molar-refractivity contribution in [2.75, 3.05) is 40.9 Å². The Labute approximate surface area is 140 Å². The lowest BCUT2D eigenvalue weighted by atomic mass is 9.88. The molecule has 0 atom stereocenters. The number of hydrogen-bond acceptors (Lipinski definition) is 3. The zero-order valence-electron chi connectivity index (χ0n) is 14.9. The summed E-state index contributed by atoms with van der Waals surface area (Å²) in [4.78, 5) is 6.67. The van der Waals surface area contributed by atoms with E-state index in [-0.39, 0.29) is 5.54 Å². The van der Waals surface area contributed by atoms with Crippen molar-refractivity contribution in [1.29, 1.82) is 0 Å². The molecule has 0 unspecified atom stereocenters. The minimum absolute atomic E-state index is 0.137. The van der Waals surface area contributed by atoms with Crippen LogP contribution in [0.15, 0.2) is 29.3 Å². The summed E-state index contributed by atoms with van der Waals surface area (Å²) in [6.45, 7) is 5.45. The van der Waals surface area contributed by atoms with Crippen molar-refractivity contribution in [3.8, 4) is 0 Å². The van der Waals surface area contributed by atoms with E-state index >= 15 is 0 Å². The number of hydrogen-bond donors (Lipinski definition) is 2. The number of likely N-dealkylation sites (N-methyl/N-ethyl adjacent to an activating group) is 1. The summed E-state index contributed by atoms with van der Waals surface area (Å²) in [7, 11) is 6.12. The lowest BCUT2D eigenvalue weighted by Crippen LogP contribution is -2.57. The van der Waals surface area contributed by atoms with Crippen LogP contribution in [0.1, 0.15) is 24.0 Å². The lowest BCUT2D eigenvalue weighted by molar-refractivity contribution is -0.00501. The topological polar surface area (TPSA) is 48.9 Å². The summed E-state index contributed by atoms with van der Waals surface area (Å²) >= 11 is 0. The van der Waals surface area contributed by atoms with Crippen LogP contribution in [0.25, 0.3) is 0 Å². The van der Waals surface area contributed by atoms with Crippen molar-refractivity contribution in [1.82, 2.24) is 15.5 Å². The maximum atomic E-state index is 5.53. The number of aryl methyl sites for hydroxylation is 1. The molecule has 1 saturated heterocycles. The predicted molar refractivity (Wildman–Crippen MR) is 95.9 cm³/mol. The zero-order valence-corrected chi connectivity index (χ0v) is 14.9. The van der Waals surface area contributed by atoms with Crippen molar-refractivity contribution in [2.45, 2.75) is 31.8 Å². The fourth-order valence-electron chi connectivity index (χ4n) is 2.99. The smallest absolute Gasteiger partial charge is 0.191 e. The SMILES string of the molecule is CN=C(NCc1ccccc1C)NCC1(N(C)C)CCOCC1. The number of nitrogens with zero attached hydrogens (tertiary/aromatic N) is 2. The van der Waals surface area contributed by atoms with Gasteiger partial charge in [0, 0.05) is 38.9 Å². The summed E-state index contributed by atoms with van der Waals surface area (Å²) in [5, 5.41) is 6.90. The number of ether oxygens (including phenoxy) is 1. The quantitative estimate of drug-likeness (QED) is 0.642. The average Bonchev–Trinajstić information content (AvgIpc) is 2.57. The van der Waals surface area contributed by atoms with Gasteiger partial charge in [-0.1, -0.05) is 24.3 Å². The van der Waals surface area contributed by atoms with E-state index in [0.717, 1.165) is 45.1 Å². The lowest BCUT2D eigenvalue weighted by Gasteiger charge is -2.43. The van der Waals surface area contributed by atoms with Gasteiger partial charge >= 0.3 is 0 Å². The fraction of sp³-hybridized carbons (Fsp3) is 0.611. The van der Waals surface area contributed by atoms with Gasteiger partial charge in [0.2, 0.25) is 0 Å². The molecule has 1 aliphatic heterocycles. The highest BCUT2D eigenvalue weighted by atomic mass is 16.5.